The topological polar surface area (TPSA) is 0 Å². The summed E-state index contributed by atoms with van der Waals surface area (Å²) in [5.74, 6) is 0. The van der Waals surface area contributed by atoms with Crippen LogP contribution in [0.5, 0.6) is 0 Å². The van der Waals surface area contributed by atoms with Crippen molar-refractivity contribution in [1.29, 1.82) is 0 Å². The van der Waals surface area contributed by atoms with Crippen molar-refractivity contribution in [3.8, 4) is 0 Å². The molecule has 0 amide bonds. The summed E-state index contributed by atoms with van der Waals surface area (Å²) in [6.45, 7) is 12.1. The van der Waals surface area contributed by atoms with Crippen molar-refractivity contribution in [2.24, 2.45) is 0 Å². The van der Waals surface area contributed by atoms with Gasteiger partial charge in [0, 0.05) is 0 Å². The van der Waals surface area contributed by atoms with Crippen molar-refractivity contribution in [3.05, 3.63) is 53.1 Å². The second-order valence-corrected chi connectivity index (χ2v) is 4.26. The largest absolute Gasteiger partial charge is 0.0984 e. The van der Waals surface area contributed by atoms with Crippen molar-refractivity contribution < 1.29 is 0 Å². The Hall–Kier alpha value is -1.56. The van der Waals surface area contributed by atoms with Gasteiger partial charge in [-0.2, -0.15) is 0 Å². The van der Waals surface area contributed by atoms with E-state index >= 15 is 0 Å². The fraction of sp³-hybridized carbons (Fsp3) is 0.333. The molecule has 0 spiro atoms. The SMILES string of the molecule is C=Cc1cc2c(cc1/C(C)=C\C)C=CCC2.CC. The minimum absolute atomic E-state index is 1.15. The molecular weight excluding hydrogens is 216 g/mol. The number of hydrogen-bond donors (Lipinski definition) is 0. The summed E-state index contributed by atoms with van der Waals surface area (Å²) in [5.41, 5.74) is 6.70. The van der Waals surface area contributed by atoms with Gasteiger partial charge in [-0.1, -0.05) is 50.8 Å². The molecule has 0 unspecified atom stereocenters. The molecule has 0 saturated carbocycles. The predicted molar refractivity (Wildman–Crippen MR) is 84.6 cm³/mol. The van der Waals surface area contributed by atoms with Crippen LogP contribution in [-0.4, -0.2) is 0 Å². The van der Waals surface area contributed by atoms with Crippen molar-refractivity contribution in [3.63, 3.8) is 0 Å². The Morgan fingerprint density at radius 1 is 1.28 bits per heavy atom. The molecule has 1 aromatic rings. The standard InChI is InChI=1S/C16H18.C2H6/c1-4-12(3)16-11-15-9-7-6-8-14(15)10-13(16)5-2;1-2/h4-5,7,9-11H,2,6,8H2,1,3H3;1-2H3/b12-4-;. The number of allylic oxidation sites excluding steroid dienone is 3. The third kappa shape index (κ3) is 3.01. The first-order valence-electron chi connectivity index (χ1n) is 6.85. The van der Waals surface area contributed by atoms with Crippen LogP contribution in [0.3, 0.4) is 0 Å². The van der Waals surface area contributed by atoms with Crippen molar-refractivity contribution in [1.82, 2.24) is 0 Å². The lowest BCUT2D eigenvalue weighted by molar-refractivity contribution is 0.984. The molecule has 0 aliphatic heterocycles. The van der Waals surface area contributed by atoms with Crippen molar-refractivity contribution >= 4 is 17.7 Å². The van der Waals surface area contributed by atoms with Crippen LogP contribution in [0.25, 0.3) is 17.7 Å². The van der Waals surface area contributed by atoms with E-state index in [0.29, 0.717) is 0 Å². The number of hydrogen-bond acceptors (Lipinski definition) is 0. The molecule has 0 N–H and O–H groups in total. The molecule has 0 heterocycles. The third-order valence-corrected chi connectivity index (χ3v) is 3.27. The van der Waals surface area contributed by atoms with E-state index in [4.69, 9.17) is 0 Å². The van der Waals surface area contributed by atoms with Gasteiger partial charge in [-0.15, -0.1) is 0 Å². The molecule has 0 atom stereocenters. The monoisotopic (exact) mass is 240 g/mol. The Kier molecular flexibility index (Phi) is 5.64. The van der Waals surface area contributed by atoms with E-state index in [1.807, 2.05) is 19.9 Å². The van der Waals surface area contributed by atoms with Gasteiger partial charge < -0.3 is 0 Å². The van der Waals surface area contributed by atoms with E-state index in [0.717, 1.165) is 12.8 Å². The molecule has 96 valence electrons. The van der Waals surface area contributed by atoms with Crippen LogP contribution < -0.4 is 0 Å². The molecule has 2 rings (SSSR count). The summed E-state index contributed by atoms with van der Waals surface area (Å²) in [6, 6.07) is 4.57. The highest BCUT2D eigenvalue weighted by atomic mass is 14.1. The maximum atomic E-state index is 3.91. The average Bonchev–Trinajstić information content (AvgIpc) is 2.47. The average molecular weight is 240 g/mol. The van der Waals surface area contributed by atoms with Crippen molar-refractivity contribution in [2.75, 3.05) is 0 Å². The molecule has 0 bridgehead atoms. The van der Waals surface area contributed by atoms with Gasteiger partial charge in [-0.05, 0) is 60.6 Å². The maximum Gasteiger partial charge on any atom is -0.0152 e. The fourth-order valence-electron chi connectivity index (χ4n) is 2.17. The van der Waals surface area contributed by atoms with Crippen LogP contribution in [0.2, 0.25) is 0 Å². The van der Waals surface area contributed by atoms with E-state index in [1.54, 1.807) is 0 Å². The molecule has 1 aromatic carbocycles. The predicted octanol–water partition coefficient (Wildman–Crippen LogP) is 5.74. The lowest BCUT2D eigenvalue weighted by Crippen LogP contribution is -1.98. The molecule has 18 heavy (non-hydrogen) atoms. The van der Waals surface area contributed by atoms with Gasteiger partial charge in [0.05, 0.1) is 0 Å². The smallest absolute Gasteiger partial charge is 0.0152 e. The zero-order chi connectivity index (χ0) is 13.5. The van der Waals surface area contributed by atoms with Gasteiger partial charge in [0.15, 0.2) is 0 Å². The highest BCUT2D eigenvalue weighted by molar-refractivity contribution is 5.76. The van der Waals surface area contributed by atoms with Crippen LogP contribution in [0.15, 0.2) is 30.9 Å². The van der Waals surface area contributed by atoms with Gasteiger partial charge in [-0.25, -0.2) is 0 Å². The summed E-state index contributed by atoms with van der Waals surface area (Å²) in [5, 5.41) is 0. The van der Waals surface area contributed by atoms with E-state index in [2.05, 4.69) is 50.8 Å². The normalized spacial score (nSPS) is 13.4. The molecular formula is C18H24. The Bertz CT molecular complexity index is 473. The molecule has 0 fully saturated rings. The van der Waals surface area contributed by atoms with Crippen molar-refractivity contribution in [2.45, 2.75) is 40.5 Å². The lowest BCUT2D eigenvalue weighted by Gasteiger charge is -2.15. The molecule has 1 aliphatic rings. The van der Waals surface area contributed by atoms with Crippen LogP contribution in [-0.2, 0) is 6.42 Å². The minimum Gasteiger partial charge on any atom is -0.0984 e. The molecule has 0 aromatic heterocycles. The Morgan fingerprint density at radius 2 is 2.00 bits per heavy atom. The van der Waals surface area contributed by atoms with Crippen LogP contribution >= 0.6 is 0 Å². The quantitative estimate of drug-likeness (QED) is 0.618. The zero-order valence-electron chi connectivity index (χ0n) is 12.1. The van der Waals surface area contributed by atoms with E-state index in [1.165, 1.54) is 27.8 Å². The van der Waals surface area contributed by atoms with Crippen LogP contribution in [0, 0.1) is 0 Å². The molecule has 0 heteroatoms. The first kappa shape index (κ1) is 14.5. The molecule has 0 radical (unpaired) electrons. The first-order valence-corrected chi connectivity index (χ1v) is 6.85. The number of benzene rings is 1. The van der Waals surface area contributed by atoms with Gasteiger partial charge in [0.25, 0.3) is 0 Å². The van der Waals surface area contributed by atoms with Crippen LogP contribution in [0.1, 0.15) is 56.4 Å². The summed E-state index contributed by atoms with van der Waals surface area (Å²) in [7, 11) is 0. The Morgan fingerprint density at radius 3 is 2.61 bits per heavy atom. The highest BCUT2D eigenvalue weighted by Gasteiger charge is 2.09. The number of aryl methyl sites for hydroxylation is 1. The second kappa shape index (κ2) is 7.00. The maximum absolute atomic E-state index is 3.91. The molecule has 1 aliphatic carbocycles. The second-order valence-electron chi connectivity index (χ2n) is 4.26. The van der Waals surface area contributed by atoms with E-state index in [9.17, 15) is 0 Å². The number of rotatable bonds is 2. The van der Waals surface area contributed by atoms with E-state index < -0.39 is 0 Å². The highest BCUT2D eigenvalue weighted by Crippen LogP contribution is 2.28. The molecule has 0 nitrogen and oxygen atoms in total. The zero-order valence-corrected chi connectivity index (χ0v) is 12.1. The Balaban J connectivity index is 0.000000771. The third-order valence-electron chi connectivity index (χ3n) is 3.27. The van der Waals surface area contributed by atoms with E-state index in [-0.39, 0.29) is 0 Å². The van der Waals surface area contributed by atoms with Gasteiger partial charge in [-0.3, -0.25) is 0 Å². The van der Waals surface area contributed by atoms with Gasteiger partial charge >= 0.3 is 0 Å². The van der Waals surface area contributed by atoms with Gasteiger partial charge in [0.2, 0.25) is 0 Å². The summed E-state index contributed by atoms with van der Waals surface area (Å²) < 4.78 is 0. The minimum atomic E-state index is 1.15. The Labute approximate surface area is 112 Å². The van der Waals surface area contributed by atoms with Crippen LogP contribution in [0.4, 0.5) is 0 Å². The number of fused-ring (bicyclic) bond motifs is 1. The summed E-state index contributed by atoms with van der Waals surface area (Å²) >= 11 is 0. The summed E-state index contributed by atoms with van der Waals surface area (Å²) in [6.07, 6.45) is 10.9. The molecule has 0 saturated heterocycles. The lowest BCUT2D eigenvalue weighted by atomic mass is 9.90. The van der Waals surface area contributed by atoms with Gasteiger partial charge in [0.1, 0.15) is 0 Å². The summed E-state index contributed by atoms with van der Waals surface area (Å²) in [4.78, 5) is 0. The fourth-order valence-corrected chi connectivity index (χ4v) is 2.17. The first-order chi connectivity index (χ1) is 8.76.